The van der Waals surface area contributed by atoms with E-state index in [-0.39, 0.29) is 5.41 Å². The molecule has 0 saturated carbocycles. The van der Waals surface area contributed by atoms with Gasteiger partial charge in [0.1, 0.15) is 0 Å². The Bertz CT molecular complexity index is 406. The van der Waals surface area contributed by atoms with Crippen molar-refractivity contribution in [2.75, 3.05) is 13.6 Å². The molecule has 0 aromatic heterocycles. The lowest BCUT2D eigenvalue weighted by Crippen LogP contribution is -2.30. The molecule has 2 unspecified atom stereocenters. The SMILES string of the molecule is CNC(c1c(C)cc(C(C)(C)C)cc1C)C(C)CN. The molecule has 0 radical (unpaired) electrons. The van der Waals surface area contributed by atoms with Crippen molar-refractivity contribution in [2.24, 2.45) is 11.7 Å². The Morgan fingerprint density at radius 3 is 1.95 bits per heavy atom. The average Bonchev–Trinajstić information content (AvgIpc) is 2.31. The third kappa shape index (κ3) is 3.58. The molecule has 0 heterocycles. The van der Waals surface area contributed by atoms with Crippen molar-refractivity contribution in [1.82, 2.24) is 5.32 Å². The predicted octanol–water partition coefficient (Wildman–Crippen LogP) is 3.46. The number of aryl methyl sites for hydroxylation is 2. The predicted molar refractivity (Wildman–Crippen MR) is 84.6 cm³/mol. The van der Waals surface area contributed by atoms with E-state index in [2.05, 4.69) is 59.0 Å². The number of benzene rings is 1. The Morgan fingerprint density at radius 1 is 1.16 bits per heavy atom. The molecule has 0 amide bonds. The maximum atomic E-state index is 5.85. The number of hydrogen-bond acceptors (Lipinski definition) is 2. The summed E-state index contributed by atoms with van der Waals surface area (Å²) in [5, 5.41) is 3.43. The number of nitrogens with one attached hydrogen (secondary N) is 1. The van der Waals surface area contributed by atoms with Crippen molar-refractivity contribution in [3.05, 3.63) is 34.4 Å². The van der Waals surface area contributed by atoms with Gasteiger partial charge in [-0.25, -0.2) is 0 Å². The van der Waals surface area contributed by atoms with Gasteiger partial charge >= 0.3 is 0 Å². The first kappa shape index (κ1) is 16.2. The highest BCUT2D eigenvalue weighted by Gasteiger charge is 2.22. The fourth-order valence-electron chi connectivity index (χ4n) is 2.75. The summed E-state index contributed by atoms with van der Waals surface area (Å²) in [6.07, 6.45) is 0. The fourth-order valence-corrected chi connectivity index (χ4v) is 2.75. The second-order valence-corrected chi connectivity index (χ2v) is 6.75. The number of rotatable bonds is 4. The summed E-state index contributed by atoms with van der Waals surface area (Å²) >= 11 is 0. The van der Waals surface area contributed by atoms with Crippen LogP contribution in [0.2, 0.25) is 0 Å². The Morgan fingerprint density at radius 2 is 1.63 bits per heavy atom. The van der Waals surface area contributed by atoms with Gasteiger partial charge in [0.15, 0.2) is 0 Å². The molecular weight excluding hydrogens is 232 g/mol. The maximum Gasteiger partial charge on any atom is 0.0360 e. The molecule has 1 rings (SSSR count). The van der Waals surface area contributed by atoms with E-state index in [9.17, 15) is 0 Å². The third-order valence-electron chi connectivity index (χ3n) is 4.02. The lowest BCUT2D eigenvalue weighted by Gasteiger charge is -2.29. The second-order valence-electron chi connectivity index (χ2n) is 6.75. The second kappa shape index (κ2) is 6.06. The first-order chi connectivity index (χ1) is 8.72. The van der Waals surface area contributed by atoms with Gasteiger partial charge in [0.05, 0.1) is 0 Å². The minimum absolute atomic E-state index is 0.197. The van der Waals surface area contributed by atoms with Gasteiger partial charge in [-0.1, -0.05) is 39.8 Å². The van der Waals surface area contributed by atoms with Gasteiger partial charge in [0.2, 0.25) is 0 Å². The third-order valence-corrected chi connectivity index (χ3v) is 4.02. The van der Waals surface area contributed by atoms with Crippen LogP contribution in [0.3, 0.4) is 0 Å². The van der Waals surface area contributed by atoms with Crippen LogP contribution in [0.25, 0.3) is 0 Å². The first-order valence-corrected chi connectivity index (χ1v) is 7.21. The monoisotopic (exact) mass is 262 g/mol. The van der Waals surface area contributed by atoms with E-state index in [1.165, 1.54) is 22.3 Å². The molecule has 19 heavy (non-hydrogen) atoms. The summed E-state index contributed by atoms with van der Waals surface area (Å²) < 4.78 is 0. The van der Waals surface area contributed by atoms with Crippen molar-refractivity contribution < 1.29 is 0 Å². The van der Waals surface area contributed by atoms with Crippen LogP contribution in [0, 0.1) is 19.8 Å². The molecule has 2 nitrogen and oxygen atoms in total. The average molecular weight is 262 g/mol. The normalized spacial score (nSPS) is 15.4. The molecule has 0 aliphatic carbocycles. The zero-order valence-corrected chi connectivity index (χ0v) is 13.6. The van der Waals surface area contributed by atoms with Crippen molar-refractivity contribution in [2.45, 2.75) is 53.0 Å². The van der Waals surface area contributed by atoms with Crippen LogP contribution in [-0.2, 0) is 5.41 Å². The molecule has 2 atom stereocenters. The summed E-state index contributed by atoms with van der Waals surface area (Å²) in [7, 11) is 2.02. The highest BCUT2D eigenvalue weighted by Crippen LogP contribution is 2.32. The molecule has 0 bridgehead atoms. The van der Waals surface area contributed by atoms with Gasteiger partial charge in [0, 0.05) is 6.04 Å². The van der Waals surface area contributed by atoms with Gasteiger partial charge in [-0.15, -0.1) is 0 Å². The van der Waals surface area contributed by atoms with Crippen LogP contribution in [0.5, 0.6) is 0 Å². The van der Waals surface area contributed by atoms with Crippen molar-refractivity contribution >= 4 is 0 Å². The summed E-state index contributed by atoms with van der Waals surface area (Å²) in [6, 6.07) is 4.99. The quantitative estimate of drug-likeness (QED) is 0.872. The highest BCUT2D eigenvalue weighted by molar-refractivity contribution is 5.42. The van der Waals surface area contributed by atoms with Gasteiger partial charge in [-0.05, 0) is 61.0 Å². The summed E-state index contributed by atoms with van der Waals surface area (Å²) in [4.78, 5) is 0. The minimum atomic E-state index is 0.197. The topological polar surface area (TPSA) is 38.0 Å². The smallest absolute Gasteiger partial charge is 0.0360 e. The first-order valence-electron chi connectivity index (χ1n) is 7.21. The molecule has 0 spiro atoms. The minimum Gasteiger partial charge on any atom is -0.330 e. The number of nitrogens with two attached hydrogens (primary N) is 1. The van der Waals surface area contributed by atoms with E-state index in [4.69, 9.17) is 5.73 Å². The van der Waals surface area contributed by atoms with Crippen LogP contribution >= 0.6 is 0 Å². The van der Waals surface area contributed by atoms with E-state index < -0.39 is 0 Å². The zero-order chi connectivity index (χ0) is 14.8. The fraction of sp³-hybridized carbons (Fsp3) is 0.647. The maximum absolute atomic E-state index is 5.85. The Kier molecular flexibility index (Phi) is 5.17. The van der Waals surface area contributed by atoms with E-state index in [1.807, 2.05) is 7.05 Å². The van der Waals surface area contributed by atoms with Gasteiger partial charge in [-0.2, -0.15) is 0 Å². The number of hydrogen-bond donors (Lipinski definition) is 2. The molecule has 0 aliphatic rings. The standard InChI is InChI=1S/C17H30N2/c1-11-8-14(17(4,5)6)9-12(2)15(11)16(19-7)13(3)10-18/h8-9,13,16,19H,10,18H2,1-7H3. The van der Waals surface area contributed by atoms with E-state index in [0.717, 1.165) is 0 Å². The largest absolute Gasteiger partial charge is 0.330 e. The molecule has 0 fully saturated rings. The lowest BCUT2D eigenvalue weighted by molar-refractivity contribution is 0.416. The zero-order valence-electron chi connectivity index (χ0n) is 13.6. The van der Waals surface area contributed by atoms with Gasteiger partial charge < -0.3 is 11.1 Å². The van der Waals surface area contributed by atoms with E-state index in [1.54, 1.807) is 0 Å². The van der Waals surface area contributed by atoms with Crippen LogP contribution in [0.1, 0.15) is 56.0 Å². The van der Waals surface area contributed by atoms with Crippen LogP contribution in [0.15, 0.2) is 12.1 Å². The summed E-state index contributed by atoms with van der Waals surface area (Å²) in [5.41, 5.74) is 11.6. The Labute approximate surface area is 118 Å². The molecule has 2 heteroatoms. The van der Waals surface area contributed by atoms with Crippen LogP contribution in [0.4, 0.5) is 0 Å². The molecule has 3 N–H and O–H groups in total. The summed E-state index contributed by atoms with van der Waals surface area (Å²) in [5.74, 6) is 0.433. The van der Waals surface area contributed by atoms with Crippen LogP contribution < -0.4 is 11.1 Å². The van der Waals surface area contributed by atoms with E-state index in [0.29, 0.717) is 18.5 Å². The summed E-state index contributed by atoms with van der Waals surface area (Å²) in [6.45, 7) is 14.1. The van der Waals surface area contributed by atoms with Gasteiger partial charge in [-0.3, -0.25) is 0 Å². The van der Waals surface area contributed by atoms with Crippen molar-refractivity contribution in [3.63, 3.8) is 0 Å². The van der Waals surface area contributed by atoms with Crippen molar-refractivity contribution in [1.29, 1.82) is 0 Å². The molecular formula is C17H30N2. The van der Waals surface area contributed by atoms with E-state index >= 15 is 0 Å². The van der Waals surface area contributed by atoms with Gasteiger partial charge in [0.25, 0.3) is 0 Å². The molecule has 108 valence electrons. The molecule has 0 aliphatic heterocycles. The molecule has 0 saturated heterocycles. The highest BCUT2D eigenvalue weighted by atomic mass is 14.9. The Balaban J connectivity index is 3.30. The molecule has 1 aromatic carbocycles. The van der Waals surface area contributed by atoms with Crippen molar-refractivity contribution in [3.8, 4) is 0 Å². The van der Waals surface area contributed by atoms with Crippen LogP contribution in [-0.4, -0.2) is 13.6 Å². The Hall–Kier alpha value is -0.860. The lowest BCUT2D eigenvalue weighted by atomic mass is 9.81. The molecule has 1 aromatic rings.